The van der Waals surface area contributed by atoms with Crippen molar-refractivity contribution in [3.8, 4) is 0 Å². The maximum atomic E-state index is 10.2. The van der Waals surface area contributed by atoms with Crippen LogP contribution in [0.1, 0.15) is 17.2 Å². The molecule has 0 fully saturated rings. The van der Waals surface area contributed by atoms with Crippen molar-refractivity contribution in [1.82, 2.24) is 0 Å². The van der Waals surface area contributed by atoms with E-state index in [-0.39, 0.29) is 0 Å². The third kappa shape index (κ3) is 2.99. The highest BCUT2D eigenvalue weighted by molar-refractivity contribution is 5.52. The van der Waals surface area contributed by atoms with E-state index < -0.39 is 6.10 Å². The second-order valence-electron chi connectivity index (χ2n) is 3.97. The molecular weight excluding hydrogens is 224 g/mol. The Morgan fingerprint density at radius 2 is 1.56 bits per heavy atom. The van der Waals surface area contributed by atoms with Gasteiger partial charge in [-0.3, -0.25) is 0 Å². The molecule has 0 radical (unpaired) electrons. The fourth-order valence-electron chi connectivity index (χ4n) is 1.76. The van der Waals surface area contributed by atoms with Crippen molar-refractivity contribution < 1.29 is 9.84 Å². The first kappa shape index (κ1) is 12.4. The summed E-state index contributed by atoms with van der Waals surface area (Å²) in [6, 6.07) is 19.3. The third-order valence-corrected chi connectivity index (χ3v) is 2.73. The first-order chi connectivity index (χ1) is 8.81. The molecule has 2 nitrogen and oxygen atoms in total. The molecule has 2 rings (SSSR count). The Kier molecular flexibility index (Phi) is 4.15. The van der Waals surface area contributed by atoms with Crippen LogP contribution in [0.25, 0.3) is 6.08 Å². The molecule has 0 aliphatic rings. The summed E-state index contributed by atoms with van der Waals surface area (Å²) in [6.07, 6.45) is 1.11. The summed E-state index contributed by atoms with van der Waals surface area (Å²) in [7, 11) is 1.57. The predicted molar refractivity (Wildman–Crippen MR) is 72.8 cm³/mol. The molecule has 0 saturated carbocycles. The van der Waals surface area contributed by atoms with E-state index in [2.05, 4.69) is 0 Å². The van der Waals surface area contributed by atoms with Crippen molar-refractivity contribution in [2.45, 2.75) is 6.10 Å². The smallest absolute Gasteiger partial charge is 0.136 e. The van der Waals surface area contributed by atoms with Gasteiger partial charge < -0.3 is 9.84 Å². The highest BCUT2D eigenvalue weighted by atomic mass is 16.5. The van der Waals surface area contributed by atoms with Gasteiger partial charge in [-0.2, -0.15) is 0 Å². The molecule has 2 heteroatoms. The summed E-state index contributed by atoms with van der Waals surface area (Å²) >= 11 is 0. The number of hydrogen-bond donors (Lipinski definition) is 1. The largest absolute Gasteiger partial charge is 0.498 e. The SMILES string of the molecule is CO/C(=C\c1ccccc1)C(O)c1ccccc1. The Hall–Kier alpha value is -2.06. The van der Waals surface area contributed by atoms with Crippen LogP contribution in [0.4, 0.5) is 0 Å². The lowest BCUT2D eigenvalue weighted by molar-refractivity contribution is 0.132. The number of benzene rings is 2. The Balaban J connectivity index is 2.27. The van der Waals surface area contributed by atoms with Crippen molar-refractivity contribution >= 4 is 6.08 Å². The molecule has 0 bridgehead atoms. The molecule has 0 saturated heterocycles. The van der Waals surface area contributed by atoms with E-state index in [0.29, 0.717) is 5.76 Å². The topological polar surface area (TPSA) is 29.5 Å². The van der Waals surface area contributed by atoms with Gasteiger partial charge in [0.05, 0.1) is 7.11 Å². The van der Waals surface area contributed by atoms with E-state index in [9.17, 15) is 5.11 Å². The van der Waals surface area contributed by atoms with Crippen LogP contribution in [0.5, 0.6) is 0 Å². The van der Waals surface area contributed by atoms with Crippen molar-refractivity contribution in [3.63, 3.8) is 0 Å². The van der Waals surface area contributed by atoms with Gasteiger partial charge in [-0.25, -0.2) is 0 Å². The highest BCUT2D eigenvalue weighted by Crippen LogP contribution is 2.23. The molecule has 1 atom stereocenters. The summed E-state index contributed by atoms with van der Waals surface area (Å²) in [5.74, 6) is 0.535. The van der Waals surface area contributed by atoms with Crippen LogP contribution >= 0.6 is 0 Å². The minimum Gasteiger partial charge on any atom is -0.498 e. The second kappa shape index (κ2) is 6.03. The van der Waals surface area contributed by atoms with Crippen LogP contribution in [-0.4, -0.2) is 12.2 Å². The molecule has 2 aromatic rings. The van der Waals surface area contributed by atoms with Crippen LogP contribution in [0.15, 0.2) is 66.4 Å². The molecule has 0 spiro atoms. The van der Waals surface area contributed by atoms with Gasteiger partial charge in [-0.05, 0) is 17.2 Å². The molecule has 18 heavy (non-hydrogen) atoms. The van der Waals surface area contributed by atoms with Crippen molar-refractivity contribution in [3.05, 3.63) is 77.5 Å². The molecule has 0 aliphatic heterocycles. The summed E-state index contributed by atoms with van der Waals surface area (Å²) in [5.41, 5.74) is 1.82. The Labute approximate surface area is 107 Å². The van der Waals surface area contributed by atoms with Crippen LogP contribution in [-0.2, 0) is 4.74 Å². The zero-order valence-electron chi connectivity index (χ0n) is 10.3. The lowest BCUT2D eigenvalue weighted by Crippen LogP contribution is -2.03. The van der Waals surface area contributed by atoms with Crippen LogP contribution in [0.2, 0.25) is 0 Å². The van der Waals surface area contributed by atoms with E-state index >= 15 is 0 Å². The van der Waals surface area contributed by atoms with Gasteiger partial charge in [0, 0.05) is 0 Å². The molecule has 2 aromatic carbocycles. The Morgan fingerprint density at radius 1 is 1.00 bits per heavy atom. The second-order valence-corrected chi connectivity index (χ2v) is 3.97. The fraction of sp³-hybridized carbons (Fsp3) is 0.125. The average molecular weight is 240 g/mol. The van der Waals surface area contributed by atoms with Crippen molar-refractivity contribution in [2.24, 2.45) is 0 Å². The third-order valence-electron chi connectivity index (χ3n) is 2.73. The predicted octanol–water partition coefficient (Wildman–Crippen LogP) is 3.41. The first-order valence-corrected chi connectivity index (χ1v) is 5.85. The van der Waals surface area contributed by atoms with Gasteiger partial charge >= 0.3 is 0 Å². The van der Waals surface area contributed by atoms with Gasteiger partial charge in [0.1, 0.15) is 11.9 Å². The number of methoxy groups -OCH3 is 1. The van der Waals surface area contributed by atoms with Gasteiger partial charge in [-0.15, -0.1) is 0 Å². The van der Waals surface area contributed by atoms with Crippen molar-refractivity contribution in [1.29, 1.82) is 0 Å². The lowest BCUT2D eigenvalue weighted by atomic mass is 10.1. The number of ether oxygens (including phenoxy) is 1. The minimum atomic E-state index is -0.739. The number of hydrogen-bond acceptors (Lipinski definition) is 2. The highest BCUT2D eigenvalue weighted by Gasteiger charge is 2.13. The van der Waals surface area contributed by atoms with Gasteiger partial charge in [0.2, 0.25) is 0 Å². The van der Waals surface area contributed by atoms with Crippen LogP contribution in [0, 0.1) is 0 Å². The van der Waals surface area contributed by atoms with Crippen LogP contribution < -0.4 is 0 Å². The number of rotatable bonds is 4. The zero-order valence-corrected chi connectivity index (χ0v) is 10.3. The number of aliphatic hydroxyl groups is 1. The summed E-state index contributed by atoms with van der Waals surface area (Å²) < 4.78 is 5.28. The normalized spacial score (nSPS) is 13.1. The average Bonchev–Trinajstić information content (AvgIpc) is 2.46. The first-order valence-electron chi connectivity index (χ1n) is 5.85. The quantitative estimate of drug-likeness (QED) is 0.830. The molecule has 1 N–H and O–H groups in total. The zero-order chi connectivity index (χ0) is 12.8. The number of aliphatic hydroxyl groups excluding tert-OH is 1. The maximum Gasteiger partial charge on any atom is 0.136 e. The van der Waals surface area contributed by atoms with Gasteiger partial charge in [0.25, 0.3) is 0 Å². The molecule has 0 aromatic heterocycles. The summed E-state index contributed by atoms with van der Waals surface area (Å²) in [6.45, 7) is 0. The Bertz CT molecular complexity index is 503. The molecule has 0 amide bonds. The fourth-order valence-corrected chi connectivity index (χ4v) is 1.76. The van der Waals surface area contributed by atoms with E-state index in [1.807, 2.05) is 66.7 Å². The Morgan fingerprint density at radius 3 is 2.11 bits per heavy atom. The van der Waals surface area contributed by atoms with Gasteiger partial charge in [-0.1, -0.05) is 60.7 Å². The van der Waals surface area contributed by atoms with Gasteiger partial charge in [0.15, 0.2) is 0 Å². The van der Waals surface area contributed by atoms with E-state index in [4.69, 9.17) is 4.74 Å². The molecular formula is C16H16O2. The van der Waals surface area contributed by atoms with E-state index in [1.54, 1.807) is 7.11 Å². The standard InChI is InChI=1S/C16H16O2/c1-18-15(12-13-8-4-2-5-9-13)16(17)14-10-6-3-7-11-14/h2-12,16-17H,1H3/b15-12-. The summed E-state index contributed by atoms with van der Waals surface area (Å²) in [4.78, 5) is 0. The minimum absolute atomic E-state index is 0.535. The van der Waals surface area contributed by atoms with E-state index in [0.717, 1.165) is 11.1 Å². The monoisotopic (exact) mass is 240 g/mol. The molecule has 1 unspecified atom stereocenters. The molecule has 0 aliphatic carbocycles. The molecule has 92 valence electrons. The lowest BCUT2D eigenvalue weighted by Gasteiger charge is -2.14. The summed E-state index contributed by atoms with van der Waals surface area (Å²) in [5, 5.41) is 10.2. The van der Waals surface area contributed by atoms with Crippen molar-refractivity contribution in [2.75, 3.05) is 7.11 Å². The molecule has 0 heterocycles. The van der Waals surface area contributed by atoms with Crippen LogP contribution in [0.3, 0.4) is 0 Å². The maximum absolute atomic E-state index is 10.2. The van der Waals surface area contributed by atoms with E-state index in [1.165, 1.54) is 0 Å².